The van der Waals surface area contributed by atoms with Crippen molar-refractivity contribution in [2.24, 2.45) is 0 Å². The van der Waals surface area contributed by atoms with Gasteiger partial charge in [0.1, 0.15) is 23.7 Å². The smallest absolute Gasteiger partial charge is 0.345 e. The van der Waals surface area contributed by atoms with Gasteiger partial charge in [0.05, 0.1) is 45.1 Å². The van der Waals surface area contributed by atoms with Crippen LogP contribution in [0.2, 0.25) is 0 Å². The van der Waals surface area contributed by atoms with Gasteiger partial charge in [-0.2, -0.15) is 17.6 Å². The summed E-state index contributed by atoms with van der Waals surface area (Å²) in [5.74, 6) is -4.32. The third-order valence-corrected chi connectivity index (χ3v) is 7.64. The van der Waals surface area contributed by atoms with E-state index in [0.717, 1.165) is 6.92 Å². The number of nitrogens with zero attached hydrogens (tertiary/aromatic N) is 1. The Hall–Kier alpha value is -3.71. The summed E-state index contributed by atoms with van der Waals surface area (Å²) < 4.78 is 71.4. The van der Waals surface area contributed by atoms with Crippen LogP contribution < -0.4 is 21.3 Å². The number of rotatable bonds is 19. The Bertz CT molecular complexity index is 1250. The first-order valence-electron chi connectivity index (χ1n) is 15.2. The molecule has 0 aromatic heterocycles. The zero-order chi connectivity index (χ0) is 35.4. The molecule has 1 aromatic rings. The molecular weight excluding hydrogens is 650 g/mol. The van der Waals surface area contributed by atoms with Gasteiger partial charge in [-0.25, -0.2) is 0 Å². The number of ketones is 1. The molecule has 4 N–H and O–H groups in total. The van der Waals surface area contributed by atoms with E-state index in [1.807, 2.05) is 0 Å². The Balaban J connectivity index is 1.79. The number of hydrogen-bond acceptors (Lipinski definition) is 10. The number of carbonyl (C=O) groups excluding carboxylic acids is 5. The van der Waals surface area contributed by atoms with Crippen LogP contribution in [0.15, 0.2) is 30.3 Å². The van der Waals surface area contributed by atoms with Crippen molar-refractivity contribution in [3.8, 4) is 0 Å². The highest BCUT2D eigenvalue weighted by Crippen LogP contribution is 2.28. The Morgan fingerprint density at radius 3 is 2.08 bits per heavy atom. The van der Waals surface area contributed by atoms with Gasteiger partial charge in [0, 0.05) is 19.5 Å². The van der Waals surface area contributed by atoms with E-state index in [1.165, 1.54) is 6.92 Å². The number of Topliss-reactive ketones (excluding diaryl/α,β-unsaturated/α-hetero) is 1. The molecule has 2 aliphatic heterocycles. The summed E-state index contributed by atoms with van der Waals surface area (Å²) in [5, 5.41) is 9.37. The highest BCUT2D eigenvalue weighted by Gasteiger charge is 2.49. The molecule has 2 heterocycles. The lowest BCUT2D eigenvalue weighted by atomic mass is 10.00. The summed E-state index contributed by atoms with van der Waals surface area (Å²) in [7, 11) is 0. The standard InChI is InChI=1S/C30H41F4N5O9/c1-17(24(41)30(3)16-47-30)35-25(42)20(13-19-7-5-4-6-8-19)37-27(44)23(18(2)48-29(33)34)38-26(43)21(15-46-28(31)32)36-22(40)14-39-9-11-45-12-10-39/h4-8,17-18,20-21,23,28-29H,9-16H2,1-3H3,(H,35,42)(H,36,40)(H,37,44)(H,38,43)/t17?,18-,20+,21+,23?,30-/m1/s1. The zero-order valence-electron chi connectivity index (χ0n) is 26.7. The molecule has 14 nitrogen and oxygen atoms in total. The van der Waals surface area contributed by atoms with Crippen molar-refractivity contribution in [2.75, 3.05) is 46.1 Å². The fraction of sp³-hybridized carbons (Fsp3) is 0.633. The van der Waals surface area contributed by atoms with E-state index in [4.69, 9.17) is 9.47 Å². The van der Waals surface area contributed by atoms with Gasteiger partial charge >= 0.3 is 13.2 Å². The summed E-state index contributed by atoms with van der Waals surface area (Å²) in [6, 6.07) is 2.31. The molecule has 48 heavy (non-hydrogen) atoms. The van der Waals surface area contributed by atoms with Gasteiger partial charge in [0.15, 0.2) is 5.78 Å². The summed E-state index contributed by atoms with van der Waals surface area (Å²) in [4.78, 5) is 67.3. The minimum Gasteiger partial charge on any atom is -0.379 e. The molecule has 2 aliphatic rings. The lowest BCUT2D eigenvalue weighted by Crippen LogP contribution is -2.62. The number of carbonyl (C=O) groups is 5. The lowest BCUT2D eigenvalue weighted by Gasteiger charge is -2.29. The van der Waals surface area contributed by atoms with Crippen LogP contribution in [-0.2, 0) is 49.3 Å². The Kier molecular flexibility index (Phi) is 14.7. The second-order valence-electron chi connectivity index (χ2n) is 11.6. The number of alkyl halides is 4. The molecule has 18 heteroatoms. The average Bonchev–Trinajstić information content (AvgIpc) is 3.79. The van der Waals surface area contributed by atoms with Gasteiger partial charge in [-0.3, -0.25) is 28.9 Å². The van der Waals surface area contributed by atoms with Gasteiger partial charge in [-0.1, -0.05) is 30.3 Å². The SMILES string of the molecule is CC(NC(=O)[C@H](Cc1ccccc1)NC(=O)C(NC(=O)[C@H](COC(F)F)NC(=O)CN1CCOCC1)[C@@H](C)OC(F)F)C(=O)[C@@]1(C)CO1. The number of nitrogens with one attached hydrogen (secondary N) is 4. The van der Waals surface area contributed by atoms with Crippen molar-refractivity contribution in [3.63, 3.8) is 0 Å². The highest BCUT2D eigenvalue weighted by atomic mass is 19.3. The molecule has 268 valence electrons. The number of hydrogen-bond donors (Lipinski definition) is 4. The molecule has 2 fully saturated rings. The van der Waals surface area contributed by atoms with E-state index in [1.54, 1.807) is 42.2 Å². The van der Waals surface area contributed by atoms with Gasteiger partial charge < -0.3 is 40.2 Å². The topological polar surface area (TPSA) is 177 Å². The first-order valence-corrected chi connectivity index (χ1v) is 15.2. The third-order valence-electron chi connectivity index (χ3n) is 7.64. The van der Waals surface area contributed by atoms with E-state index in [-0.39, 0.29) is 19.6 Å². The summed E-state index contributed by atoms with van der Waals surface area (Å²) in [5.41, 5.74) is -0.469. The van der Waals surface area contributed by atoms with Crippen LogP contribution in [0.5, 0.6) is 0 Å². The quantitative estimate of drug-likeness (QED) is 0.112. The number of benzene rings is 1. The maximum atomic E-state index is 13.6. The molecule has 6 atom stereocenters. The van der Waals surface area contributed by atoms with E-state index in [0.29, 0.717) is 31.9 Å². The van der Waals surface area contributed by atoms with Crippen LogP contribution in [0, 0.1) is 0 Å². The maximum absolute atomic E-state index is 13.6. The fourth-order valence-corrected chi connectivity index (χ4v) is 4.85. The first kappa shape index (κ1) is 38.7. The number of halogens is 4. The van der Waals surface area contributed by atoms with Gasteiger partial charge in [-0.15, -0.1) is 0 Å². The monoisotopic (exact) mass is 691 g/mol. The molecule has 3 rings (SSSR count). The van der Waals surface area contributed by atoms with Crippen LogP contribution in [0.3, 0.4) is 0 Å². The van der Waals surface area contributed by atoms with Crippen LogP contribution in [0.1, 0.15) is 26.3 Å². The molecule has 0 radical (unpaired) electrons. The first-order chi connectivity index (χ1) is 22.7. The van der Waals surface area contributed by atoms with E-state index < -0.39 is 85.1 Å². The van der Waals surface area contributed by atoms with Crippen molar-refractivity contribution in [1.29, 1.82) is 0 Å². The highest BCUT2D eigenvalue weighted by molar-refractivity contribution is 5.98. The average molecular weight is 692 g/mol. The molecule has 2 saturated heterocycles. The predicted octanol–water partition coefficient (Wildman–Crippen LogP) is -0.255. The summed E-state index contributed by atoms with van der Waals surface area (Å²) in [6.07, 6.45) is -1.83. The molecule has 2 unspecified atom stereocenters. The molecule has 0 aliphatic carbocycles. The number of morpholine rings is 1. The van der Waals surface area contributed by atoms with E-state index in [9.17, 15) is 41.5 Å². The zero-order valence-corrected chi connectivity index (χ0v) is 26.7. The molecule has 1 aromatic carbocycles. The number of amides is 4. The predicted molar refractivity (Wildman–Crippen MR) is 159 cm³/mol. The molecule has 0 saturated carbocycles. The van der Waals surface area contributed by atoms with Gasteiger partial charge in [0.25, 0.3) is 0 Å². The third kappa shape index (κ3) is 12.4. The van der Waals surface area contributed by atoms with Crippen LogP contribution in [-0.4, -0.2) is 129 Å². The van der Waals surface area contributed by atoms with Crippen molar-refractivity contribution < 1.29 is 60.5 Å². The Labute approximate surface area is 274 Å². The summed E-state index contributed by atoms with van der Waals surface area (Å²) in [6.45, 7) is -2.21. The van der Waals surface area contributed by atoms with Crippen LogP contribution in [0.25, 0.3) is 0 Å². The Morgan fingerprint density at radius 1 is 0.875 bits per heavy atom. The van der Waals surface area contributed by atoms with Crippen molar-refractivity contribution in [1.82, 2.24) is 26.2 Å². The van der Waals surface area contributed by atoms with Crippen LogP contribution >= 0.6 is 0 Å². The van der Waals surface area contributed by atoms with Crippen molar-refractivity contribution >= 4 is 29.4 Å². The minimum absolute atomic E-state index is 0.111. The Morgan fingerprint density at radius 2 is 1.50 bits per heavy atom. The second kappa shape index (κ2) is 18.2. The number of epoxide rings is 1. The molecule has 0 bridgehead atoms. The second-order valence-corrected chi connectivity index (χ2v) is 11.6. The van der Waals surface area contributed by atoms with E-state index >= 15 is 0 Å². The molecular formula is C30H41F4N5O9. The van der Waals surface area contributed by atoms with Gasteiger partial charge in [-0.05, 0) is 26.3 Å². The molecule has 4 amide bonds. The number of ether oxygens (including phenoxy) is 4. The van der Waals surface area contributed by atoms with Crippen molar-refractivity contribution in [2.45, 2.75) is 76.3 Å². The van der Waals surface area contributed by atoms with Crippen molar-refractivity contribution in [3.05, 3.63) is 35.9 Å². The van der Waals surface area contributed by atoms with Gasteiger partial charge in [0.2, 0.25) is 23.6 Å². The largest absolute Gasteiger partial charge is 0.379 e. The summed E-state index contributed by atoms with van der Waals surface area (Å²) >= 11 is 0. The normalized spacial score (nSPS) is 21.0. The fourth-order valence-electron chi connectivity index (χ4n) is 4.85. The van der Waals surface area contributed by atoms with Crippen LogP contribution in [0.4, 0.5) is 17.6 Å². The van der Waals surface area contributed by atoms with E-state index in [2.05, 4.69) is 30.7 Å². The maximum Gasteiger partial charge on any atom is 0.345 e. The minimum atomic E-state index is -3.39. The molecule has 0 spiro atoms. The lowest BCUT2D eigenvalue weighted by molar-refractivity contribution is -0.172.